The standard InChI is InChI=1S/C16H18N2O/c1-12-3-2-4-14(11-12)16(19)18-10-9-13-5-7-15(17)8-6-13/h2-8,11H,9-10,17H2,1H3,(H,18,19). The van der Waals surface area contributed by atoms with Crippen molar-refractivity contribution in [3.05, 3.63) is 65.2 Å². The summed E-state index contributed by atoms with van der Waals surface area (Å²) < 4.78 is 0. The SMILES string of the molecule is Cc1cccc(C(=O)NCCc2ccc(N)cc2)c1. The monoisotopic (exact) mass is 254 g/mol. The van der Waals surface area contributed by atoms with Gasteiger partial charge in [0.1, 0.15) is 0 Å². The molecule has 0 aliphatic rings. The lowest BCUT2D eigenvalue weighted by molar-refractivity contribution is 0.0954. The van der Waals surface area contributed by atoms with E-state index in [0.29, 0.717) is 12.1 Å². The number of nitrogens with two attached hydrogens (primary N) is 1. The average molecular weight is 254 g/mol. The van der Waals surface area contributed by atoms with Gasteiger partial charge in [0, 0.05) is 17.8 Å². The third-order valence-electron chi connectivity index (χ3n) is 2.96. The third-order valence-corrected chi connectivity index (χ3v) is 2.96. The summed E-state index contributed by atoms with van der Waals surface area (Å²) in [4.78, 5) is 11.9. The molecule has 0 heterocycles. The molecular formula is C16H18N2O. The number of nitrogens with one attached hydrogen (secondary N) is 1. The van der Waals surface area contributed by atoms with Crippen LogP contribution >= 0.6 is 0 Å². The number of carbonyl (C=O) groups excluding carboxylic acids is 1. The Labute approximate surface area is 113 Å². The molecule has 0 unspecified atom stereocenters. The molecule has 3 heteroatoms. The maximum Gasteiger partial charge on any atom is 0.251 e. The Hall–Kier alpha value is -2.29. The highest BCUT2D eigenvalue weighted by Gasteiger charge is 2.04. The molecule has 2 aromatic rings. The second kappa shape index (κ2) is 6.05. The van der Waals surface area contributed by atoms with Crippen molar-refractivity contribution in [3.63, 3.8) is 0 Å². The number of hydrogen-bond donors (Lipinski definition) is 2. The Kier molecular flexibility index (Phi) is 4.18. The van der Waals surface area contributed by atoms with Crippen molar-refractivity contribution in [3.8, 4) is 0 Å². The van der Waals surface area contributed by atoms with Gasteiger partial charge in [-0.05, 0) is 43.2 Å². The molecule has 2 aromatic carbocycles. The van der Waals surface area contributed by atoms with Crippen molar-refractivity contribution < 1.29 is 4.79 Å². The van der Waals surface area contributed by atoms with Crippen LogP contribution in [0.2, 0.25) is 0 Å². The summed E-state index contributed by atoms with van der Waals surface area (Å²) >= 11 is 0. The van der Waals surface area contributed by atoms with Crippen LogP contribution in [0.5, 0.6) is 0 Å². The van der Waals surface area contributed by atoms with E-state index in [1.165, 1.54) is 5.56 Å². The summed E-state index contributed by atoms with van der Waals surface area (Å²) in [5, 5.41) is 2.92. The van der Waals surface area contributed by atoms with Gasteiger partial charge >= 0.3 is 0 Å². The van der Waals surface area contributed by atoms with Gasteiger partial charge in [0.15, 0.2) is 0 Å². The molecule has 0 aliphatic carbocycles. The Morgan fingerprint density at radius 2 is 1.89 bits per heavy atom. The van der Waals surface area contributed by atoms with E-state index in [2.05, 4.69) is 5.32 Å². The number of aryl methyl sites for hydroxylation is 1. The Balaban J connectivity index is 1.86. The maximum atomic E-state index is 11.9. The molecule has 0 atom stereocenters. The zero-order chi connectivity index (χ0) is 13.7. The van der Waals surface area contributed by atoms with Gasteiger partial charge in [-0.1, -0.05) is 29.8 Å². The normalized spacial score (nSPS) is 10.2. The zero-order valence-electron chi connectivity index (χ0n) is 11.0. The average Bonchev–Trinajstić information content (AvgIpc) is 2.41. The first kappa shape index (κ1) is 13.1. The molecule has 0 fully saturated rings. The Morgan fingerprint density at radius 3 is 2.58 bits per heavy atom. The van der Waals surface area contributed by atoms with Crippen LogP contribution in [0, 0.1) is 6.92 Å². The lowest BCUT2D eigenvalue weighted by Crippen LogP contribution is -2.25. The second-order valence-electron chi connectivity index (χ2n) is 4.62. The topological polar surface area (TPSA) is 55.1 Å². The molecule has 98 valence electrons. The van der Waals surface area contributed by atoms with E-state index >= 15 is 0 Å². The van der Waals surface area contributed by atoms with E-state index in [1.54, 1.807) is 0 Å². The van der Waals surface area contributed by atoms with Crippen LogP contribution in [0.15, 0.2) is 48.5 Å². The molecule has 3 nitrogen and oxygen atoms in total. The third kappa shape index (κ3) is 3.85. The maximum absolute atomic E-state index is 11.9. The Morgan fingerprint density at radius 1 is 1.16 bits per heavy atom. The van der Waals surface area contributed by atoms with E-state index in [1.807, 2.05) is 55.5 Å². The molecule has 0 aliphatic heterocycles. The number of anilines is 1. The molecular weight excluding hydrogens is 236 g/mol. The highest BCUT2D eigenvalue weighted by atomic mass is 16.1. The number of nitrogen functional groups attached to an aromatic ring is 1. The number of hydrogen-bond acceptors (Lipinski definition) is 2. The van der Waals surface area contributed by atoms with Crippen LogP contribution in [-0.2, 0) is 6.42 Å². The van der Waals surface area contributed by atoms with Gasteiger partial charge in [-0.3, -0.25) is 4.79 Å². The number of carbonyl (C=O) groups is 1. The van der Waals surface area contributed by atoms with Gasteiger partial charge in [-0.15, -0.1) is 0 Å². The van der Waals surface area contributed by atoms with Gasteiger partial charge in [-0.2, -0.15) is 0 Å². The van der Waals surface area contributed by atoms with Gasteiger partial charge in [0.05, 0.1) is 0 Å². The van der Waals surface area contributed by atoms with Crippen molar-refractivity contribution in [1.82, 2.24) is 5.32 Å². The molecule has 0 spiro atoms. The number of benzene rings is 2. The number of rotatable bonds is 4. The van der Waals surface area contributed by atoms with Crippen molar-refractivity contribution in [2.24, 2.45) is 0 Å². The first-order chi connectivity index (χ1) is 9.15. The first-order valence-electron chi connectivity index (χ1n) is 6.34. The molecule has 1 amide bonds. The smallest absolute Gasteiger partial charge is 0.251 e. The second-order valence-corrected chi connectivity index (χ2v) is 4.62. The highest BCUT2D eigenvalue weighted by Crippen LogP contribution is 2.06. The summed E-state index contributed by atoms with van der Waals surface area (Å²) in [7, 11) is 0. The van der Waals surface area contributed by atoms with Crippen molar-refractivity contribution in [2.45, 2.75) is 13.3 Å². The molecule has 0 radical (unpaired) electrons. The van der Waals surface area contributed by atoms with Crippen molar-refractivity contribution in [2.75, 3.05) is 12.3 Å². The summed E-state index contributed by atoms with van der Waals surface area (Å²) in [5.74, 6) is -0.0286. The quantitative estimate of drug-likeness (QED) is 0.824. The first-order valence-corrected chi connectivity index (χ1v) is 6.34. The summed E-state index contributed by atoms with van der Waals surface area (Å²) in [6, 6.07) is 15.3. The van der Waals surface area contributed by atoms with E-state index in [0.717, 1.165) is 17.7 Å². The molecule has 0 aromatic heterocycles. The van der Waals surface area contributed by atoms with Crippen LogP contribution in [0.4, 0.5) is 5.69 Å². The minimum Gasteiger partial charge on any atom is -0.399 e. The van der Waals surface area contributed by atoms with Gasteiger partial charge in [0.2, 0.25) is 0 Å². The van der Waals surface area contributed by atoms with E-state index in [-0.39, 0.29) is 5.91 Å². The fourth-order valence-electron chi connectivity index (χ4n) is 1.89. The summed E-state index contributed by atoms with van der Waals surface area (Å²) in [6.07, 6.45) is 0.803. The van der Waals surface area contributed by atoms with Crippen LogP contribution in [-0.4, -0.2) is 12.5 Å². The molecule has 2 rings (SSSR count). The minimum absolute atomic E-state index is 0.0286. The van der Waals surface area contributed by atoms with Crippen molar-refractivity contribution >= 4 is 11.6 Å². The molecule has 0 bridgehead atoms. The van der Waals surface area contributed by atoms with Gasteiger partial charge in [-0.25, -0.2) is 0 Å². The highest BCUT2D eigenvalue weighted by molar-refractivity contribution is 5.94. The van der Waals surface area contributed by atoms with Crippen LogP contribution in [0.25, 0.3) is 0 Å². The van der Waals surface area contributed by atoms with E-state index in [9.17, 15) is 4.79 Å². The van der Waals surface area contributed by atoms with Gasteiger partial charge in [0.25, 0.3) is 5.91 Å². The van der Waals surface area contributed by atoms with Crippen LogP contribution in [0.3, 0.4) is 0 Å². The van der Waals surface area contributed by atoms with Crippen LogP contribution in [0.1, 0.15) is 21.5 Å². The lowest BCUT2D eigenvalue weighted by atomic mass is 10.1. The zero-order valence-corrected chi connectivity index (χ0v) is 11.0. The predicted octanol–water partition coefficient (Wildman–Crippen LogP) is 2.55. The van der Waals surface area contributed by atoms with Crippen molar-refractivity contribution in [1.29, 1.82) is 0 Å². The Bertz CT molecular complexity index is 561. The summed E-state index contributed by atoms with van der Waals surface area (Å²) in [5.41, 5.74) is 9.34. The molecule has 0 saturated heterocycles. The van der Waals surface area contributed by atoms with Crippen LogP contribution < -0.4 is 11.1 Å². The molecule has 0 saturated carbocycles. The fraction of sp³-hybridized carbons (Fsp3) is 0.188. The van der Waals surface area contributed by atoms with Gasteiger partial charge < -0.3 is 11.1 Å². The van der Waals surface area contributed by atoms with E-state index < -0.39 is 0 Å². The largest absolute Gasteiger partial charge is 0.399 e. The molecule has 19 heavy (non-hydrogen) atoms. The number of amides is 1. The fourth-order valence-corrected chi connectivity index (χ4v) is 1.89. The summed E-state index contributed by atoms with van der Waals surface area (Å²) in [6.45, 7) is 2.60. The minimum atomic E-state index is -0.0286. The lowest BCUT2D eigenvalue weighted by Gasteiger charge is -2.06. The van der Waals surface area contributed by atoms with E-state index in [4.69, 9.17) is 5.73 Å². The predicted molar refractivity (Wildman–Crippen MR) is 78.1 cm³/mol. The molecule has 3 N–H and O–H groups in total.